The number of anilines is 1. The van der Waals surface area contributed by atoms with E-state index in [9.17, 15) is 0 Å². The molecule has 0 saturated carbocycles. The van der Waals surface area contributed by atoms with Crippen LogP contribution in [0.5, 0.6) is 0 Å². The molecule has 0 spiro atoms. The quantitative estimate of drug-likeness (QED) is 0.781. The maximum atomic E-state index is 5.16. The molecule has 1 unspecified atom stereocenters. The van der Waals surface area contributed by atoms with E-state index >= 15 is 0 Å². The Bertz CT molecular complexity index is 554. The van der Waals surface area contributed by atoms with Crippen LogP contribution in [-0.4, -0.2) is 13.6 Å². The average molecular weight is 351 g/mol. The van der Waals surface area contributed by atoms with Crippen LogP contribution in [0.4, 0.5) is 5.69 Å². The van der Waals surface area contributed by atoms with Gasteiger partial charge in [0.1, 0.15) is 0 Å². The normalized spacial score (nSPS) is 12.4. The number of nitrogens with one attached hydrogen (secondary N) is 1. The molecule has 0 bridgehead atoms. The highest BCUT2D eigenvalue weighted by atomic mass is 79.9. The van der Waals surface area contributed by atoms with E-state index in [0.29, 0.717) is 6.04 Å². The van der Waals surface area contributed by atoms with Crippen LogP contribution in [0.25, 0.3) is 0 Å². The van der Waals surface area contributed by atoms with Gasteiger partial charge in [-0.1, -0.05) is 28.9 Å². The largest absolute Gasteiger partial charge is 0.472 e. The molecule has 0 saturated heterocycles. The molecule has 3 nitrogen and oxygen atoms in total. The van der Waals surface area contributed by atoms with E-state index in [0.717, 1.165) is 24.0 Å². The van der Waals surface area contributed by atoms with Crippen molar-refractivity contribution >= 4 is 21.6 Å². The number of hydrogen-bond acceptors (Lipinski definition) is 3. The van der Waals surface area contributed by atoms with Crippen molar-refractivity contribution in [3.63, 3.8) is 0 Å². The number of benzene rings is 1. The molecular weight excluding hydrogens is 328 g/mol. The van der Waals surface area contributed by atoms with Crippen molar-refractivity contribution in [2.24, 2.45) is 0 Å². The standard InChI is InChI=1S/C17H23BrN2O/c1-4-8-19-13(2)16-6-5-15(18)10-17(16)20(3)11-14-7-9-21-12-14/h5-7,9-10,12-13,19H,4,8,11H2,1-3H3. The van der Waals surface area contributed by atoms with Gasteiger partial charge in [0.2, 0.25) is 0 Å². The van der Waals surface area contributed by atoms with Crippen LogP contribution in [0.2, 0.25) is 0 Å². The molecule has 1 heterocycles. The zero-order valence-electron chi connectivity index (χ0n) is 12.9. The second kappa shape index (κ2) is 7.66. The molecule has 0 aliphatic heterocycles. The van der Waals surface area contributed by atoms with Gasteiger partial charge >= 0.3 is 0 Å². The van der Waals surface area contributed by atoms with Gasteiger partial charge in [-0.25, -0.2) is 0 Å². The summed E-state index contributed by atoms with van der Waals surface area (Å²) in [7, 11) is 2.12. The first-order valence-corrected chi connectivity index (χ1v) is 8.16. The lowest BCUT2D eigenvalue weighted by Gasteiger charge is -2.25. The molecule has 0 aliphatic carbocycles. The fourth-order valence-electron chi connectivity index (χ4n) is 2.43. The molecule has 0 fully saturated rings. The minimum Gasteiger partial charge on any atom is -0.472 e. The molecule has 0 aliphatic rings. The summed E-state index contributed by atoms with van der Waals surface area (Å²) in [4.78, 5) is 2.26. The molecule has 1 atom stereocenters. The minimum absolute atomic E-state index is 0.333. The zero-order chi connectivity index (χ0) is 15.2. The summed E-state index contributed by atoms with van der Waals surface area (Å²) in [5.41, 5.74) is 3.73. The molecule has 1 aromatic heterocycles. The van der Waals surface area contributed by atoms with Gasteiger partial charge in [-0.2, -0.15) is 0 Å². The molecule has 0 amide bonds. The van der Waals surface area contributed by atoms with E-state index in [2.05, 4.69) is 65.2 Å². The summed E-state index contributed by atoms with van der Waals surface area (Å²) in [6.07, 6.45) is 4.66. The number of rotatable bonds is 7. The van der Waals surface area contributed by atoms with Crippen LogP contribution in [0, 0.1) is 0 Å². The van der Waals surface area contributed by atoms with Gasteiger partial charge in [0.25, 0.3) is 0 Å². The molecule has 1 aromatic carbocycles. The van der Waals surface area contributed by atoms with Crippen LogP contribution in [0.15, 0.2) is 45.7 Å². The van der Waals surface area contributed by atoms with E-state index in [-0.39, 0.29) is 0 Å². The molecule has 2 rings (SSSR count). The van der Waals surface area contributed by atoms with Crippen molar-refractivity contribution in [1.29, 1.82) is 0 Å². The summed E-state index contributed by atoms with van der Waals surface area (Å²) < 4.78 is 6.26. The van der Waals surface area contributed by atoms with Gasteiger partial charge in [-0.3, -0.25) is 0 Å². The summed E-state index contributed by atoms with van der Waals surface area (Å²) in [5, 5.41) is 3.56. The van der Waals surface area contributed by atoms with Crippen molar-refractivity contribution < 1.29 is 4.42 Å². The lowest BCUT2D eigenvalue weighted by molar-refractivity contribution is 0.562. The van der Waals surface area contributed by atoms with Crippen LogP contribution in [0.3, 0.4) is 0 Å². The van der Waals surface area contributed by atoms with Gasteiger partial charge in [0.05, 0.1) is 12.5 Å². The van der Waals surface area contributed by atoms with Crippen molar-refractivity contribution in [2.75, 3.05) is 18.5 Å². The molecule has 4 heteroatoms. The number of nitrogens with zero attached hydrogens (tertiary/aromatic N) is 1. The summed E-state index contributed by atoms with van der Waals surface area (Å²) in [6, 6.07) is 8.82. The lowest BCUT2D eigenvalue weighted by atomic mass is 10.0. The number of furan rings is 1. The van der Waals surface area contributed by atoms with Gasteiger partial charge in [-0.15, -0.1) is 0 Å². The zero-order valence-corrected chi connectivity index (χ0v) is 14.5. The van der Waals surface area contributed by atoms with E-state index in [1.54, 1.807) is 12.5 Å². The van der Waals surface area contributed by atoms with Crippen molar-refractivity contribution in [2.45, 2.75) is 32.9 Å². The van der Waals surface area contributed by atoms with Crippen LogP contribution in [0.1, 0.15) is 37.4 Å². The van der Waals surface area contributed by atoms with Crippen molar-refractivity contribution in [3.05, 3.63) is 52.4 Å². The third-order valence-corrected chi connectivity index (χ3v) is 4.06. The predicted octanol–water partition coefficient (Wildman–Crippen LogP) is 4.74. The predicted molar refractivity (Wildman–Crippen MR) is 91.7 cm³/mol. The summed E-state index contributed by atoms with van der Waals surface area (Å²) in [5.74, 6) is 0. The van der Waals surface area contributed by atoms with E-state index < -0.39 is 0 Å². The summed E-state index contributed by atoms with van der Waals surface area (Å²) >= 11 is 3.58. The first-order valence-electron chi connectivity index (χ1n) is 7.37. The van der Waals surface area contributed by atoms with Crippen LogP contribution < -0.4 is 10.2 Å². The lowest BCUT2D eigenvalue weighted by Crippen LogP contribution is -2.24. The Hall–Kier alpha value is -1.26. The maximum Gasteiger partial charge on any atom is 0.0952 e. The van der Waals surface area contributed by atoms with Crippen molar-refractivity contribution in [3.8, 4) is 0 Å². The van der Waals surface area contributed by atoms with Gasteiger partial charge in [0, 0.05) is 35.4 Å². The van der Waals surface area contributed by atoms with Gasteiger partial charge in [-0.05, 0) is 43.7 Å². The second-order valence-electron chi connectivity index (χ2n) is 5.37. The first kappa shape index (κ1) is 16.1. The Labute approximate surface area is 135 Å². The third kappa shape index (κ3) is 4.35. The Kier molecular flexibility index (Phi) is 5.88. The summed E-state index contributed by atoms with van der Waals surface area (Å²) in [6.45, 7) is 6.27. The van der Waals surface area contributed by atoms with E-state index in [4.69, 9.17) is 4.42 Å². The Balaban J connectivity index is 2.21. The minimum atomic E-state index is 0.333. The third-order valence-electron chi connectivity index (χ3n) is 3.57. The first-order chi connectivity index (χ1) is 10.1. The van der Waals surface area contributed by atoms with Gasteiger partial charge < -0.3 is 14.6 Å². The van der Waals surface area contributed by atoms with Crippen LogP contribution >= 0.6 is 15.9 Å². The molecule has 1 N–H and O–H groups in total. The van der Waals surface area contributed by atoms with Gasteiger partial charge in [0.15, 0.2) is 0 Å². The highest BCUT2D eigenvalue weighted by Crippen LogP contribution is 2.30. The fourth-order valence-corrected chi connectivity index (χ4v) is 2.78. The van der Waals surface area contributed by atoms with Crippen molar-refractivity contribution in [1.82, 2.24) is 5.32 Å². The smallest absolute Gasteiger partial charge is 0.0952 e. The van der Waals surface area contributed by atoms with E-state index in [1.807, 2.05) is 6.07 Å². The molecule has 2 aromatic rings. The maximum absolute atomic E-state index is 5.16. The Morgan fingerprint density at radius 3 is 2.81 bits per heavy atom. The van der Waals surface area contributed by atoms with E-state index in [1.165, 1.54) is 16.8 Å². The molecular formula is C17H23BrN2O. The number of hydrogen-bond donors (Lipinski definition) is 1. The average Bonchev–Trinajstić information content (AvgIpc) is 2.97. The SMILES string of the molecule is CCCNC(C)c1ccc(Br)cc1N(C)Cc1ccoc1. The molecule has 21 heavy (non-hydrogen) atoms. The number of halogens is 1. The topological polar surface area (TPSA) is 28.4 Å². The molecule has 114 valence electrons. The Morgan fingerprint density at radius 2 is 2.14 bits per heavy atom. The second-order valence-corrected chi connectivity index (χ2v) is 6.28. The van der Waals surface area contributed by atoms with Crippen LogP contribution in [-0.2, 0) is 6.54 Å². The monoisotopic (exact) mass is 350 g/mol. The fraction of sp³-hybridized carbons (Fsp3) is 0.412. The Morgan fingerprint density at radius 1 is 1.33 bits per heavy atom. The highest BCUT2D eigenvalue weighted by Gasteiger charge is 2.14. The highest BCUT2D eigenvalue weighted by molar-refractivity contribution is 9.10. The molecule has 0 radical (unpaired) electrons.